The molecule has 0 spiro atoms. The Morgan fingerprint density at radius 3 is 2.95 bits per heavy atom. The number of nitrogens with zero attached hydrogens (tertiary/aromatic N) is 1. The van der Waals surface area contributed by atoms with Crippen molar-refractivity contribution in [3.05, 3.63) is 45.5 Å². The van der Waals surface area contributed by atoms with Crippen LogP contribution >= 0.6 is 11.3 Å². The van der Waals surface area contributed by atoms with Crippen LogP contribution in [0, 0.1) is 6.92 Å². The van der Waals surface area contributed by atoms with Gasteiger partial charge in [0.05, 0.1) is 6.54 Å². The topological polar surface area (TPSA) is 71.5 Å². The zero-order chi connectivity index (χ0) is 15.4. The normalized spacial score (nSPS) is 12.6. The molecule has 2 aromatic heterocycles. The van der Waals surface area contributed by atoms with Crippen molar-refractivity contribution in [2.75, 3.05) is 7.05 Å². The van der Waals surface area contributed by atoms with E-state index in [2.05, 4.69) is 41.8 Å². The van der Waals surface area contributed by atoms with Crippen LogP contribution < -0.4 is 11.3 Å². The molecule has 0 bridgehead atoms. The second-order valence-corrected chi connectivity index (χ2v) is 6.28. The molecule has 0 fully saturated rings. The predicted molar refractivity (Wildman–Crippen MR) is 84.1 cm³/mol. The van der Waals surface area contributed by atoms with Crippen LogP contribution in [-0.4, -0.2) is 23.9 Å². The van der Waals surface area contributed by atoms with Gasteiger partial charge >= 0.3 is 5.91 Å². The van der Waals surface area contributed by atoms with Crippen LogP contribution in [0.4, 0.5) is 0 Å². The van der Waals surface area contributed by atoms with Gasteiger partial charge in [0.15, 0.2) is 5.76 Å². The van der Waals surface area contributed by atoms with Gasteiger partial charge in [-0.2, -0.15) is 0 Å². The summed E-state index contributed by atoms with van der Waals surface area (Å²) in [6, 6.07) is 6.50. The number of hydrogen-bond donors (Lipinski definition) is 2. The Balaban J connectivity index is 1.99. The third kappa shape index (κ3) is 3.93. The zero-order valence-corrected chi connectivity index (χ0v) is 13.4. The van der Waals surface area contributed by atoms with Gasteiger partial charge in [0.25, 0.3) is 0 Å². The van der Waals surface area contributed by atoms with E-state index >= 15 is 0 Å². The summed E-state index contributed by atoms with van der Waals surface area (Å²) in [6.07, 6.45) is 1.00. The highest BCUT2D eigenvalue weighted by Gasteiger charge is 2.17. The summed E-state index contributed by atoms with van der Waals surface area (Å²) in [4.78, 5) is 15.1. The first-order valence-corrected chi connectivity index (χ1v) is 7.72. The van der Waals surface area contributed by atoms with E-state index in [4.69, 9.17) is 10.3 Å². The summed E-state index contributed by atoms with van der Waals surface area (Å²) in [5.74, 6) is 5.80. The fourth-order valence-electron chi connectivity index (χ4n) is 2.19. The molecule has 1 atom stereocenters. The van der Waals surface area contributed by atoms with Crippen LogP contribution in [0.3, 0.4) is 0 Å². The number of nitrogens with two attached hydrogens (primary N) is 1. The largest absolute Gasteiger partial charge is 0.454 e. The molecule has 1 unspecified atom stereocenters. The van der Waals surface area contributed by atoms with Crippen molar-refractivity contribution in [1.82, 2.24) is 10.3 Å². The van der Waals surface area contributed by atoms with Gasteiger partial charge < -0.3 is 4.42 Å². The Bertz CT molecular complexity index is 592. The average molecular weight is 307 g/mol. The first kappa shape index (κ1) is 15.8. The number of likely N-dealkylation sites (N-methyl/N-ethyl adjacent to an activating group) is 1. The molecule has 6 heteroatoms. The first-order chi connectivity index (χ1) is 10.0. The average Bonchev–Trinajstić information content (AvgIpc) is 3.07. The van der Waals surface area contributed by atoms with Gasteiger partial charge in [0.2, 0.25) is 0 Å². The minimum atomic E-state index is -0.395. The van der Waals surface area contributed by atoms with E-state index in [1.54, 1.807) is 11.3 Å². The van der Waals surface area contributed by atoms with Crippen LogP contribution in [0.25, 0.3) is 0 Å². The number of amides is 1. The van der Waals surface area contributed by atoms with E-state index < -0.39 is 5.91 Å². The summed E-state index contributed by atoms with van der Waals surface area (Å²) in [5.41, 5.74) is 2.89. The van der Waals surface area contributed by atoms with E-state index in [0.717, 1.165) is 17.7 Å². The highest BCUT2D eigenvalue weighted by atomic mass is 32.1. The minimum absolute atomic E-state index is 0.284. The lowest BCUT2D eigenvalue weighted by atomic mass is 10.2. The molecule has 0 radical (unpaired) electrons. The summed E-state index contributed by atoms with van der Waals surface area (Å²) in [7, 11) is 2.05. The third-order valence-electron chi connectivity index (χ3n) is 3.54. The molecule has 21 heavy (non-hydrogen) atoms. The molecule has 0 aliphatic carbocycles. The zero-order valence-electron chi connectivity index (χ0n) is 12.6. The van der Waals surface area contributed by atoms with Gasteiger partial charge in [0, 0.05) is 16.5 Å². The van der Waals surface area contributed by atoms with Crippen molar-refractivity contribution in [3.8, 4) is 0 Å². The fourth-order valence-corrected chi connectivity index (χ4v) is 3.02. The van der Waals surface area contributed by atoms with Crippen molar-refractivity contribution in [1.29, 1.82) is 0 Å². The molecule has 5 nitrogen and oxygen atoms in total. The Morgan fingerprint density at radius 1 is 1.57 bits per heavy atom. The lowest BCUT2D eigenvalue weighted by molar-refractivity contribution is 0.0921. The maximum Gasteiger partial charge on any atom is 0.301 e. The monoisotopic (exact) mass is 307 g/mol. The highest BCUT2D eigenvalue weighted by Crippen LogP contribution is 2.18. The summed E-state index contributed by atoms with van der Waals surface area (Å²) >= 11 is 1.77. The number of thiophene rings is 1. The molecule has 2 aromatic rings. The number of rotatable bonds is 6. The maximum absolute atomic E-state index is 11.5. The number of hydrogen-bond acceptors (Lipinski definition) is 5. The molecule has 2 heterocycles. The molecule has 2 rings (SSSR count). The van der Waals surface area contributed by atoms with Crippen molar-refractivity contribution in [2.24, 2.45) is 5.84 Å². The predicted octanol–water partition coefficient (Wildman–Crippen LogP) is 2.32. The molecular formula is C15H21N3O2S. The number of aryl methyl sites for hydroxylation is 1. The molecule has 0 aromatic carbocycles. The van der Waals surface area contributed by atoms with E-state index in [1.807, 2.05) is 13.0 Å². The Labute approximate surface area is 128 Å². The maximum atomic E-state index is 11.5. The molecule has 1 amide bonds. The SMILES string of the molecule is Cc1cc(CN(C)C(C)Cc2cccs2)oc1C(=O)NN. The number of nitrogens with one attached hydrogen (secondary N) is 1. The number of hydrazine groups is 1. The lowest BCUT2D eigenvalue weighted by Gasteiger charge is -2.23. The van der Waals surface area contributed by atoms with Gasteiger partial charge in [-0.3, -0.25) is 15.1 Å². The van der Waals surface area contributed by atoms with Crippen molar-refractivity contribution in [2.45, 2.75) is 32.9 Å². The summed E-state index contributed by atoms with van der Waals surface area (Å²) < 4.78 is 5.59. The van der Waals surface area contributed by atoms with Crippen LogP contribution in [0.1, 0.15) is 33.7 Å². The second kappa shape index (κ2) is 6.89. The van der Waals surface area contributed by atoms with E-state index in [-0.39, 0.29) is 5.76 Å². The van der Waals surface area contributed by atoms with Gasteiger partial charge in [-0.25, -0.2) is 5.84 Å². The van der Waals surface area contributed by atoms with Crippen LogP contribution in [-0.2, 0) is 13.0 Å². The molecule has 0 aliphatic heterocycles. The third-order valence-corrected chi connectivity index (χ3v) is 4.44. The number of carbonyl (C=O) groups is 1. The molecule has 0 saturated heterocycles. The number of nitrogen functional groups attached to an aromatic ring is 1. The van der Waals surface area contributed by atoms with Gasteiger partial charge in [-0.1, -0.05) is 6.07 Å². The van der Waals surface area contributed by atoms with Crippen molar-refractivity contribution in [3.63, 3.8) is 0 Å². The fraction of sp³-hybridized carbons (Fsp3) is 0.400. The molecular weight excluding hydrogens is 286 g/mol. The Kier molecular flexibility index (Phi) is 5.17. The smallest absolute Gasteiger partial charge is 0.301 e. The number of furan rings is 1. The molecule has 3 N–H and O–H groups in total. The van der Waals surface area contributed by atoms with Gasteiger partial charge in [-0.15, -0.1) is 11.3 Å². The van der Waals surface area contributed by atoms with Gasteiger partial charge in [0.1, 0.15) is 5.76 Å². The molecule has 0 saturated carbocycles. The summed E-state index contributed by atoms with van der Waals surface area (Å²) in [6.45, 7) is 4.68. The quantitative estimate of drug-likeness (QED) is 0.488. The minimum Gasteiger partial charge on any atom is -0.454 e. The standard InChI is InChI=1S/C15H21N3O2S/c1-10-7-12(20-14(10)15(19)17-16)9-18(3)11(2)8-13-5-4-6-21-13/h4-7,11H,8-9,16H2,1-3H3,(H,17,19). The van der Waals surface area contributed by atoms with Crippen LogP contribution in [0.15, 0.2) is 28.0 Å². The molecule has 0 aliphatic rings. The highest BCUT2D eigenvalue weighted by molar-refractivity contribution is 7.09. The Hall–Kier alpha value is -1.63. The van der Waals surface area contributed by atoms with E-state index in [9.17, 15) is 4.79 Å². The first-order valence-electron chi connectivity index (χ1n) is 6.84. The van der Waals surface area contributed by atoms with Gasteiger partial charge in [-0.05, 0) is 44.8 Å². The van der Waals surface area contributed by atoms with E-state index in [1.165, 1.54) is 4.88 Å². The Morgan fingerprint density at radius 2 is 2.33 bits per heavy atom. The molecule has 114 valence electrons. The van der Waals surface area contributed by atoms with E-state index in [0.29, 0.717) is 12.6 Å². The lowest BCUT2D eigenvalue weighted by Crippen LogP contribution is -2.30. The number of carbonyl (C=O) groups excluding carboxylic acids is 1. The van der Waals surface area contributed by atoms with Crippen molar-refractivity contribution < 1.29 is 9.21 Å². The summed E-state index contributed by atoms with van der Waals surface area (Å²) in [5, 5.41) is 2.09. The van der Waals surface area contributed by atoms with Crippen LogP contribution in [0.5, 0.6) is 0 Å². The second-order valence-electron chi connectivity index (χ2n) is 5.25. The van der Waals surface area contributed by atoms with Crippen LogP contribution in [0.2, 0.25) is 0 Å². The van der Waals surface area contributed by atoms with Crippen molar-refractivity contribution >= 4 is 17.2 Å².